The van der Waals surface area contributed by atoms with Gasteiger partial charge in [-0.2, -0.15) is 0 Å². The van der Waals surface area contributed by atoms with Crippen LogP contribution in [-0.2, 0) is 14.3 Å². The lowest BCUT2D eigenvalue weighted by Crippen LogP contribution is -2.47. The summed E-state index contributed by atoms with van der Waals surface area (Å²) in [5.74, 6) is -1.10. The molecule has 0 aromatic rings. The molecule has 1 aliphatic rings. The van der Waals surface area contributed by atoms with E-state index in [1.807, 2.05) is 20.8 Å². The van der Waals surface area contributed by atoms with Crippen LogP contribution in [0.5, 0.6) is 0 Å². The largest absolute Gasteiger partial charge is 0.480 e. The zero-order chi connectivity index (χ0) is 13.8. The van der Waals surface area contributed by atoms with E-state index in [2.05, 4.69) is 5.32 Å². The molecule has 0 heterocycles. The first-order chi connectivity index (χ1) is 8.29. The second kappa shape index (κ2) is 6.18. The number of carbonyl (C=O) groups excluding carboxylic acids is 1. The summed E-state index contributed by atoms with van der Waals surface area (Å²) < 4.78 is 5.35. The molecule has 1 saturated carbocycles. The molecule has 5 heteroatoms. The molecule has 0 saturated heterocycles. The molecule has 2 N–H and O–H groups in total. The van der Waals surface area contributed by atoms with E-state index < -0.39 is 17.6 Å². The number of nitrogens with one attached hydrogen (secondary N) is 1. The van der Waals surface area contributed by atoms with E-state index in [1.165, 1.54) is 0 Å². The van der Waals surface area contributed by atoms with Gasteiger partial charge in [0.15, 0.2) is 0 Å². The lowest BCUT2D eigenvalue weighted by atomic mass is 9.98. The van der Waals surface area contributed by atoms with Crippen molar-refractivity contribution in [2.24, 2.45) is 5.92 Å². The van der Waals surface area contributed by atoms with Gasteiger partial charge in [0, 0.05) is 0 Å². The van der Waals surface area contributed by atoms with Crippen molar-refractivity contribution in [2.45, 2.75) is 58.1 Å². The Hall–Kier alpha value is -1.10. The van der Waals surface area contributed by atoms with Gasteiger partial charge in [0.05, 0.1) is 6.54 Å². The third-order valence-electron chi connectivity index (χ3n) is 3.01. The first-order valence-electron chi connectivity index (χ1n) is 6.47. The van der Waals surface area contributed by atoms with Crippen LogP contribution < -0.4 is 5.32 Å². The topological polar surface area (TPSA) is 75.6 Å². The van der Waals surface area contributed by atoms with Gasteiger partial charge < -0.3 is 9.84 Å². The first-order valence-corrected chi connectivity index (χ1v) is 6.47. The molecule has 0 radical (unpaired) electrons. The number of carboxylic acids is 1. The van der Waals surface area contributed by atoms with E-state index in [1.54, 1.807) is 0 Å². The fourth-order valence-corrected chi connectivity index (χ4v) is 2.30. The van der Waals surface area contributed by atoms with Gasteiger partial charge in [-0.25, -0.2) is 0 Å². The van der Waals surface area contributed by atoms with Crippen LogP contribution in [-0.4, -0.2) is 35.2 Å². The molecule has 0 spiro atoms. The maximum absolute atomic E-state index is 12.1. The first kappa shape index (κ1) is 15.0. The minimum absolute atomic E-state index is 0.194. The molecule has 18 heavy (non-hydrogen) atoms. The zero-order valence-electron chi connectivity index (χ0n) is 11.4. The van der Waals surface area contributed by atoms with E-state index >= 15 is 0 Å². The number of aliphatic carboxylic acids is 1. The fourth-order valence-electron chi connectivity index (χ4n) is 2.30. The molecule has 0 aromatic heterocycles. The maximum Gasteiger partial charge on any atom is 0.323 e. The number of hydrogen-bond acceptors (Lipinski definition) is 4. The minimum Gasteiger partial charge on any atom is -0.480 e. The van der Waals surface area contributed by atoms with Crippen LogP contribution in [0.1, 0.15) is 46.5 Å². The lowest BCUT2D eigenvalue weighted by molar-refractivity contribution is -0.159. The molecule has 0 aromatic carbocycles. The van der Waals surface area contributed by atoms with Gasteiger partial charge in [0.2, 0.25) is 0 Å². The van der Waals surface area contributed by atoms with Crippen LogP contribution in [0.3, 0.4) is 0 Å². The summed E-state index contributed by atoms with van der Waals surface area (Å²) in [5, 5.41) is 11.5. The lowest BCUT2D eigenvalue weighted by Gasteiger charge is -2.27. The van der Waals surface area contributed by atoms with Crippen molar-refractivity contribution in [3.8, 4) is 0 Å². The smallest absolute Gasteiger partial charge is 0.323 e. The van der Waals surface area contributed by atoms with Gasteiger partial charge in [-0.1, -0.05) is 12.8 Å². The van der Waals surface area contributed by atoms with Gasteiger partial charge in [-0.3, -0.25) is 14.9 Å². The van der Waals surface area contributed by atoms with E-state index in [4.69, 9.17) is 9.84 Å². The number of hydrogen-bond donors (Lipinski definition) is 2. The highest BCUT2D eigenvalue weighted by Crippen LogP contribution is 2.29. The van der Waals surface area contributed by atoms with E-state index in [0.29, 0.717) is 0 Å². The van der Waals surface area contributed by atoms with Crippen molar-refractivity contribution in [3.63, 3.8) is 0 Å². The van der Waals surface area contributed by atoms with Crippen LogP contribution in [0.2, 0.25) is 0 Å². The normalized spacial score (nSPS) is 18.6. The molecule has 1 unspecified atom stereocenters. The van der Waals surface area contributed by atoms with Crippen LogP contribution in [0.4, 0.5) is 0 Å². The Morgan fingerprint density at radius 3 is 2.33 bits per heavy atom. The Morgan fingerprint density at radius 1 is 1.33 bits per heavy atom. The van der Waals surface area contributed by atoms with Gasteiger partial charge >= 0.3 is 11.9 Å². The van der Waals surface area contributed by atoms with E-state index in [0.717, 1.165) is 25.7 Å². The molecule has 1 rings (SSSR count). The van der Waals surface area contributed by atoms with Crippen LogP contribution in [0, 0.1) is 5.92 Å². The average Bonchev–Trinajstić information content (AvgIpc) is 2.67. The van der Waals surface area contributed by atoms with Gasteiger partial charge in [0.25, 0.3) is 0 Å². The molecule has 1 atom stereocenters. The number of rotatable bonds is 5. The molecule has 0 aliphatic heterocycles. The molecule has 104 valence electrons. The van der Waals surface area contributed by atoms with Crippen molar-refractivity contribution < 1.29 is 19.4 Å². The van der Waals surface area contributed by atoms with Crippen molar-refractivity contribution in [2.75, 3.05) is 6.54 Å². The Bertz CT molecular complexity index is 303. The summed E-state index contributed by atoms with van der Waals surface area (Å²) >= 11 is 0. The highest BCUT2D eigenvalue weighted by atomic mass is 16.6. The van der Waals surface area contributed by atoms with Crippen LogP contribution in [0.25, 0.3) is 0 Å². The van der Waals surface area contributed by atoms with E-state index in [-0.39, 0.29) is 18.4 Å². The predicted octanol–water partition coefficient (Wildman–Crippen LogP) is 1.56. The van der Waals surface area contributed by atoms with Gasteiger partial charge in [-0.05, 0) is 39.5 Å². The highest BCUT2D eigenvalue weighted by molar-refractivity contribution is 5.78. The molecular weight excluding hydrogens is 234 g/mol. The van der Waals surface area contributed by atoms with Crippen LogP contribution in [0.15, 0.2) is 0 Å². The van der Waals surface area contributed by atoms with E-state index in [9.17, 15) is 9.59 Å². The Morgan fingerprint density at radius 2 is 1.89 bits per heavy atom. The van der Waals surface area contributed by atoms with Crippen molar-refractivity contribution in [1.29, 1.82) is 0 Å². The third-order valence-corrected chi connectivity index (χ3v) is 3.01. The maximum atomic E-state index is 12.1. The quantitative estimate of drug-likeness (QED) is 0.731. The molecule has 1 aliphatic carbocycles. The number of ether oxygens (including phenoxy) is 1. The zero-order valence-corrected chi connectivity index (χ0v) is 11.4. The minimum atomic E-state index is -0.957. The summed E-state index contributed by atoms with van der Waals surface area (Å²) in [7, 11) is 0. The molecule has 1 fully saturated rings. The Labute approximate surface area is 108 Å². The Kier molecular flexibility index (Phi) is 5.14. The molecular formula is C13H23NO4. The third kappa shape index (κ3) is 5.04. The summed E-state index contributed by atoms with van der Waals surface area (Å²) in [6, 6.07) is -0.497. The summed E-state index contributed by atoms with van der Waals surface area (Å²) in [5.41, 5.74) is -0.543. The molecule has 0 amide bonds. The number of esters is 1. The fraction of sp³-hybridized carbons (Fsp3) is 0.846. The van der Waals surface area contributed by atoms with Crippen molar-refractivity contribution in [3.05, 3.63) is 0 Å². The standard InChI is InChI=1S/C13H23NO4/c1-13(2,3)18-12(17)11(14-8-10(15)16)9-6-4-5-7-9/h9,11,14H,4-8H2,1-3H3,(H,15,16). The Balaban J connectivity index is 2.63. The summed E-state index contributed by atoms with van der Waals surface area (Å²) in [4.78, 5) is 22.7. The van der Waals surface area contributed by atoms with Gasteiger partial charge in [0.1, 0.15) is 11.6 Å². The average molecular weight is 257 g/mol. The van der Waals surface area contributed by atoms with Crippen molar-refractivity contribution in [1.82, 2.24) is 5.32 Å². The van der Waals surface area contributed by atoms with Crippen molar-refractivity contribution >= 4 is 11.9 Å². The van der Waals surface area contributed by atoms with Gasteiger partial charge in [-0.15, -0.1) is 0 Å². The number of carbonyl (C=O) groups is 2. The highest BCUT2D eigenvalue weighted by Gasteiger charge is 2.33. The van der Waals surface area contributed by atoms with Crippen LogP contribution >= 0.6 is 0 Å². The summed E-state index contributed by atoms with van der Waals surface area (Å²) in [6.45, 7) is 5.23. The second-order valence-electron chi connectivity index (χ2n) is 5.83. The monoisotopic (exact) mass is 257 g/mol. The molecule has 0 bridgehead atoms. The SMILES string of the molecule is CC(C)(C)OC(=O)C(NCC(=O)O)C1CCCC1. The molecule has 5 nitrogen and oxygen atoms in total. The predicted molar refractivity (Wildman–Crippen MR) is 67.2 cm³/mol. The second-order valence-corrected chi connectivity index (χ2v) is 5.83. The summed E-state index contributed by atoms with van der Waals surface area (Å²) in [6.07, 6.45) is 4.10. The number of carboxylic acid groups (broad SMARTS) is 1.